The summed E-state index contributed by atoms with van der Waals surface area (Å²) in [6.07, 6.45) is 2.95. The Labute approximate surface area is 118 Å². The molecule has 2 N–H and O–H groups in total. The van der Waals surface area contributed by atoms with E-state index in [-0.39, 0.29) is 18.4 Å². The van der Waals surface area contributed by atoms with Crippen LogP contribution in [-0.2, 0) is 11.2 Å². The lowest BCUT2D eigenvalue weighted by atomic mass is 10.1. The van der Waals surface area contributed by atoms with E-state index >= 15 is 0 Å². The van der Waals surface area contributed by atoms with E-state index in [1.54, 1.807) is 0 Å². The van der Waals surface area contributed by atoms with E-state index in [0.29, 0.717) is 11.4 Å². The number of carbonyl (C=O) groups excluding carboxylic acids is 2. The molecule has 0 radical (unpaired) electrons. The van der Waals surface area contributed by atoms with Gasteiger partial charge >= 0.3 is 0 Å². The number of hydrogen-bond donors (Lipinski definition) is 2. The Balaban J connectivity index is 2.49. The van der Waals surface area contributed by atoms with Gasteiger partial charge in [0.05, 0.1) is 11.4 Å². The zero-order valence-electron chi connectivity index (χ0n) is 11.8. The van der Waals surface area contributed by atoms with Crippen LogP contribution in [0.4, 0.5) is 0 Å². The summed E-state index contributed by atoms with van der Waals surface area (Å²) in [5.41, 5.74) is 1.23. The predicted octanol–water partition coefficient (Wildman–Crippen LogP) is 2.27. The number of carbonyl (C=O) groups is 2. The van der Waals surface area contributed by atoms with Crippen LogP contribution in [0.25, 0.3) is 0 Å². The van der Waals surface area contributed by atoms with Crippen LogP contribution < -0.4 is 10.6 Å². The molecule has 5 heteroatoms. The highest BCUT2D eigenvalue weighted by Crippen LogP contribution is 2.22. The molecule has 0 saturated heterocycles. The average Bonchev–Trinajstić information content (AvgIpc) is 2.75. The van der Waals surface area contributed by atoms with E-state index in [4.69, 9.17) is 0 Å². The Bertz CT molecular complexity index is 441. The fourth-order valence-corrected chi connectivity index (χ4v) is 2.71. The van der Waals surface area contributed by atoms with Crippen molar-refractivity contribution in [3.05, 3.63) is 21.4 Å². The van der Waals surface area contributed by atoms with Gasteiger partial charge in [-0.1, -0.05) is 20.3 Å². The van der Waals surface area contributed by atoms with Crippen LogP contribution in [0.5, 0.6) is 0 Å². The highest BCUT2D eigenvalue weighted by molar-refractivity contribution is 7.14. The van der Waals surface area contributed by atoms with Crippen molar-refractivity contribution in [2.45, 2.75) is 40.0 Å². The van der Waals surface area contributed by atoms with Gasteiger partial charge in [0.25, 0.3) is 5.91 Å². The molecular formula is C14H22N2O2S. The molecule has 1 aromatic rings. The highest BCUT2D eigenvalue weighted by atomic mass is 32.1. The second kappa shape index (κ2) is 7.94. The lowest BCUT2D eigenvalue weighted by Gasteiger charge is -2.04. The molecule has 0 saturated carbocycles. The monoisotopic (exact) mass is 282 g/mol. The summed E-state index contributed by atoms with van der Waals surface area (Å²) in [6, 6.07) is 1.93. The first-order valence-corrected chi connectivity index (χ1v) is 7.54. The topological polar surface area (TPSA) is 58.2 Å². The van der Waals surface area contributed by atoms with Crippen LogP contribution in [0, 0.1) is 6.92 Å². The maximum atomic E-state index is 11.9. The van der Waals surface area contributed by atoms with Gasteiger partial charge in [0.15, 0.2) is 0 Å². The normalized spacial score (nSPS) is 10.3. The minimum absolute atomic E-state index is 0.0406. The Morgan fingerprint density at radius 2 is 1.95 bits per heavy atom. The van der Waals surface area contributed by atoms with Gasteiger partial charge in [-0.15, -0.1) is 11.3 Å². The number of rotatable bonds is 7. The second-order valence-electron chi connectivity index (χ2n) is 4.47. The summed E-state index contributed by atoms with van der Waals surface area (Å²) < 4.78 is 0. The quantitative estimate of drug-likeness (QED) is 0.806. The first kappa shape index (κ1) is 15.7. The molecule has 1 heterocycles. The molecule has 0 aliphatic rings. The SMILES string of the molecule is CCCNC(=O)CNC(=O)c1cc(CCC)c(C)s1. The first-order chi connectivity index (χ1) is 9.08. The van der Waals surface area contributed by atoms with Gasteiger partial charge in [0.2, 0.25) is 5.91 Å². The Kier molecular flexibility index (Phi) is 6.56. The second-order valence-corrected chi connectivity index (χ2v) is 5.73. The van der Waals surface area contributed by atoms with E-state index in [2.05, 4.69) is 17.6 Å². The third kappa shape index (κ3) is 5.03. The Hall–Kier alpha value is -1.36. The van der Waals surface area contributed by atoms with Crippen molar-refractivity contribution in [3.63, 3.8) is 0 Å². The van der Waals surface area contributed by atoms with E-state index in [1.807, 2.05) is 19.9 Å². The van der Waals surface area contributed by atoms with Crippen LogP contribution in [-0.4, -0.2) is 24.9 Å². The van der Waals surface area contributed by atoms with Crippen LogP contribution >= 0.6 is 11.3 Å². The number of hydrogen-bond acceptors (Lipinski definition) is 3. The summed E-state index contributed by atoms with van der Waals surface area (Å²) >= 11 is 1.49. The Morgan fingerprint density at radius 1 is 1.21 bits per heavy atom. The molecule has 0 aromatic carbocycles. The third-order valence-electron chi connectivity index (χ3n) is 2.75. The molecule has 0 spiro atoms. The molecular weight excluding hydrogens is 260 g/mol. The zero-order chi connectivity index (χ0) is 14.3. The predicted molar refractivity (Wildman–Crippen MR) is 78.7 cm³/mol. The van der Waals surface area contributed by atoms with Gasteiger partial charge in [-0.25, -0.2) is 0 Å². The maximum Gasteiger partial charge on any atom is 0.261 e. The third-order valence-corrected chi connectivity index (χ3v) is 3.84. The molecule has 0 aliphatic carbocycles. The molecule has 0 fully saturated rings. The summed E-state index contributed by atoms with van der Waals surface area (Å²) in [4.78, 5) is 25.2. The number of aryl methyl sites for hydroxylation is 2. The molecule has 1 aromatic heterocycles. The van der Waals surface area contributed by atoms with Crippen LogP contribution in [0.1, 0.15) is 46.8 Å². The van der Waals surface area contributed by atoms with E-state index in [0.717, 1.165) is 19.3 Å². The molecule has 2 amide bonds. The van der Waals surface area contributed by atoms with E-state index < -0.39 is 0 Å². The van der Waals surface area contributed by atoms with Gasteiger partial charge < -0.3 is 10.6 Å². The number of nitrogens with one attached hydrogen (secondary N) is 2. The van der Waals surface area contributed by atoms with E-state index in [9.17, 15) is 9.59 Å². The zero-order valence-corrected chi connectivity index (χ0v) is 12.7. The highest BCUT2D eigenvalue weighted by Gasteiger charge is 2.12. The first-order valence-electron chi connectivity index (χ1n) is 6.72. The fourth-order valence-electron chi connectivity index (χ4n) is 1.72. The lowest BCUT2D eigenvalue weighted by molar-refractivity contribution is -0.120. The van der Waals surface area contributed by atoms with Gasteiger partial charge in [-0.2, -0.15) is 0 Å². The largest absolute Gasteiger partial charge is 0.355 e. The van der Waals surface area contributed by atoms with Gasteiger partial charge in [-0.3, -0.25) is 9.59 Å². The smallest absolute Gasteiger partial charge is 0.261 e. The summed E-state index contributed by atoms with van der Waals surface area (Å²) in [5, 5.41) is 5.38. The average molecular weight is 282 g/mol. The maximum absolute atomic E-state index is 11.9. The van der Waals surface area contributed by atoms with Crippen molar-refractivity contribution in [2.24, 2.45) is 0 Å². The molecule has 1 rings (SSSR count). The summed E-state index contributed by atoms with van der Waals surface area (Å²) in [7, 11) is 0. The standard InChI is InChI=1S/C14H22N2O2S/c1-4-6-11-8-12(19-10(11)3)14(18)16-9-13(17)15-7-5-2/h8H,4-7,9H2,1-3H3,(H,15,17)(H,16,18). The van der Waals surface area contributed by atoms with Crippen LogP contribution in [0.2, 0.25) is 0 Å². The minimum atomic E-state index is -0.165. The van der Waals surface area contributed by atoms with Gasteiger partial charge in [-0.05, 0) is 31.4 Å². The number of thiophene rings is 1. The van der Waals surface area contributed by atoms with Gasteiger partial charge in [0.1, 0.15) is 0 Å². The minimum Gasteiger partial charge on any atom is -0.355 e. The summed E-state index contributed by atoms with van der Waals surface area (Å²) in [6.45, 7) is 6.82. The van der Waals surface area contributed by atoms with Crippen molar-refractivity contribution in [2.75, 3.05) is 13.1 Å². The molecule has 19 heavy (non-hydrogen) atoms. The number of amides is 2. The fraction of sp³-hybridized carbons (Fsp3) is 0.571. The van der Waals surface area contributed by atoms with Crippen molar-refractivity contribution >= 4 is 23.2 Å². The Morgan fingerprint density at radius 3 is 2.58 bits per heavy atom. The van der Waals surface area contributed by atoms with Gasteiger partial charge in [0, 0.05) is 11.4 Å². The lowest BCUT2D eigenvalue weighted by Crippen LogP contribution is -2.36. The van der Waals surface area contributed by atoms with Crippen molar-refractivity contribution in [3.8, 4) is 0 Å². The molecule has 4 nitrogen and oxygen atoms in total. The van der Waals surface area contributed by atoms with Crippen molar-refractivity contribution < 1.29 is 9.59 Å². The molecule has 0 aliphatic heterocycles. The molecule has 0 bridgehead atoms. The van der Waals surface area contributed by atoms with Crippen LogP contribution in [0.3, 0.4) is 0 Å². The van der Waals surface area contributed by atoms with Crippen LogP contribution in [0.15, 0.2) is 6.07 Å². The molecule has 106 valence electrons. The van der Waals surface area contributed by atoms with E-state index in [1.165, 1.54) is 21.8 Å². The molecule has 0 atom stereocenters. The van der Waals surface area contributed by atoms with Crippen molar-refractivity contribution in [1.29, 1.82) is 0 Å². The van der Waals surface area contributed by atoms with Crippen molar-refractivity contribution in [1.82, 2.24) is 10.6 Å². The summed E-state index contributed by atoms with van der Waals surface area (Å²) in [5.74, 6) is -0.306. The molecule has 0 unspecified atom stereocenters.